The molecule has 102 valence electrons. The first kappa shape index (κ1) is 14.3. The number of amides is 1. The first-order chi connectivity index (χ1) is 9.78. The first-order valence-corrected chi connectivity index (χ1v) is 7.40. The molecule has 2 aromatic rings. The predicted octanol–water partition coefficient (Wildman–Crippen LogP) is 2.42. The molecule has 1 aromatic carbocycles. The molecule has 20 heavy (non-hydrogen) atoms. The van der Waals surface area contributed by atoms with Crippen molar-refractivity contribution in [3.8, 4) is 11.8 Å². The van der Waals surface area contributed by atoms with Crippen molar-refractivity contribution < 1.29 is 4.79 Å². The van der Waals surface area contributed by atoms with Crippen LogP contribution in [0.2, 0.25) is 0 Å². The van der Waals surface area contributed by atoms with Gasteiger partial charge in [0.15, 0.2) is 0 Å². The van der Waals surface area contributed by atoms with Crippen molar-refractivity contribution in [1.82, 2.24) is 10.3 Å². The number of hydrogen-bond donors (Lipinski definition) is 1. The fourth-order valence-corrected chi connectivity index (χ4v) is 2.37. The molecule has 0 unspecified atom stereocenters. The van der Waals surface area contributed by atoms with Crippen LogP contribution in [0.25, 0.3) is 0 Å². The molecular weight excluding hydrogens is 268 g/mol. The summed E-state index contributed by atoms with van der Waals surface area (Å²) in [6, 6.07) is 9.71. The number of benzene rings is 1. The summed E-state index contributed by atoms with van der Waals surface area (Å²) in [4.78, 5) is 16.1. The van der Waals surface area contributed by atoms with E-state index in [4.69, 9.17) is 0 Å². The van der Waals surface area contributed by atoms with E-state index in [1.165, 1.54) is 0 Å². The van der Waals surface area contributed by atoms with Gasteiger partial charge in [-0.1, -0.05) is 37.0 Å². The third-order valence-electron chi connectivity index (χ3n) is 2.62. The Balaban J connectivity index is 1.77. The van der Waals surface area contributed by atoms with Gasteiger partial charge in [-0.2, -0.15) is 0 Å². The van der Waals surface area contributed by atoms with E-state index in [-0.39, 0.29) is 5.91 Å². The molecule has 0 atom stereocenters. The number of nitrogens with zero attached hydrogens (tertiary/aromatic N) is 1. The lowest BCUT2D eigenvalue weighted by molar-refractivity contribution is -0.120. The molecule has 1 heterocycles. The summed E-state index contributed by atoms with van der Waals surface area (Å²) in [5.41, 5.74) is 1.79. The Morgan fingerprint density at radius 3 is 2.85 bits per heavy atom. The van der Waals surface area contributed by atoms with E-state index < -0.39 is 0 Å². The maximum Gasteiger partial charge on any atom is 0.226 e. The highest BCUT2D eigenvalue weighted by molar-refractivity contribution is 7.09. The van der Waals surface area contributed by atoms with E-state index in [2.05, 4.69) is 29.1 Å². The largest absolute Gasteiger partial charge is 0.345 e. The average Bonchev–Trinajstić information content (AvgIpc) is 2.92. The minimum Gasteiger partial charge on any atom is -0.345 e. The summed E-state index contributed by atoms with van der Waals surface area (Å²) in [6.45, 7) is 2.42. The SMILES string of the molecule is CCc1nc(CC(=O)NCC#Cc2ccccc2)cs1. The van der Waals surface area contributed by atoms with E-state index >= 15 is 0 Å². The Morgan fingerprint density at radius 2 is 2.15 bits per heavy atom. The van der Waals surface area contributed by atoms with Crippen LogP contribution in [-0.2, 0) is 17.6 Å². The van der Waals surface area contributed by atoms with Gasteiger partial charge in [0.1, 0.15) is 0 Å². The molecule has 0 aliphatic carbocycles. The van der Waals surface area contributed by atoms with Crippen LogP contribution in [-0.4, -0.2) is 17.4 Å². The standard InChI is InChI=1S/C16H16N2OS/c1-2-16-18-14(12-20-16)11-15(19)17-10-6-9-13-7-4-3-5-8-13/h3-5,7-8,12H,2,10-11H2,1H3,(H,17,19). The molecule has 3 nitrogen and oxygen atoms in total. The van der Waals surface area contributed by atoms with Gasteiger partial charge in [0, 0.05) is 10.9 Å². The van der Waals surface area contributed by atoms with E-state index in [1.807, 2.05) is 35.7 Å². The second kappa shape index (κ2) is 7.46. The molecule has 0 fully saturated rings. The van der Waals surface area contributed by atoms with E-state index in [1.54, 1.807) is 11.3 Å². The maximum atomic E-state index is 11.7. The first-order valence-electron chi connectivity index (χ1n) is 6.52. The highest BCUT2D eigenvalue weighted by Gasteiger charge is 2.05. The Bertz CT molecular complexity index is 623. The van der Waals surface area contributed by atoms with Crippen molar-refractivity contribution >= 4 is 17.2 Å². The molecule has 0 radical (unpaired) electrons. The Morgan fingerprint density at radius 1 is 1.35 bits per heavy atom. The average molecular weight is 284 g/mol. The third kappa shape index (κ3) is 4.52. The van der Waals surface area contributed by atoms with Crippen molar-refractivity contribution in [2.45, 2.75) is 19.8 Å². The van der Waals surface area contributed by atoms with Crippen molar-refractivity contribution in [2.75, 3.05) is 6.54 Å². The number of aryl methyl sites for hydroxylation is 1. The molecule has 0 aliphatic rings. The highest BCUT2D eigenvalue weighted by Crippen LogP contribution is 2.10. The van der Waals surface area contributed by atoms with Gasteiger partial charge in [0.25, 0.3) is 0 Å². The second-order valence-corrected chi connectivity index (χ2v) is 5.15. The van der Waals surface area contributed by atoms with Crippen molar-refractivity contribution in [3.05, 3.63) is 52.0 Å². The molecule has 1 amide bonds. The number of nitrogens with one attached hydrogen (secondary N) is 1. The molecule has 0 bridgehead atoms. The topological polar surface area (TPSA) is 42.0 Å². The van der Waals surface area contributed by atoms with Crippen molar-refractivity contribution in [3.63, 3.8) is 0 Å². The smallest absolute Gasteiger partial charge is 0.226 e. The molecule has 4 heteroatoms. The summed E-state index contributed by atoms with van der Waals surface area (Å²) < 4.78 is 0. The van der Waals surface area contributed by atoms with Gasteiger partial charge in [-0.3, -0.25) is 4.79 Å². The predicted molar refractivity (Wildman–Crippen MR) is 81.5 cm³/mol. The number of rotatable bonds is 4. The molecule has 0 aliphatic heterocycles. The van der Waals surface area contributed by atoms with Gasteiger partial charge in [-0.05, 0) is 18.6 Å². The van der Waals surface area contributed by atoms with E-state index in [9.17, 15) is 4.79 Å². The minimum absolute atomic E-state index is 0.0414. The van der Waals surface area contributed by atoms with Crippen LogP contribution in [0.3, 0.4) is 0 Å². The number of carbonyl (C=O) groups is 1. The van der Waals surface area contributed by atoms with E-state index in [0.717, 1.165) is 22.7 Å². The van der Waals surface area contributed by atoms with Gasteiger partial charge in [-0.15, -0.1) is 11.3 Å². The van der Waals surface area contributed by atoms with Crippen LogP contribution in [0.1, 0.15) is 23.2 Å². The Labute approximate surface area is 123 Å². The van der Waals surface area contributed by atoms with Gasteiger partial charge in [0.2, 0.25) is 5.91 Å². The molecule has 1 aromatic heterocycles. The number of thiazole rings is 1. The second-order valence-electron chi connectivity index (χ2n) is 4.21. The summed E-state index contributed by atoms with van der Waals surface area (Å²) in [6.07, 6.45) is 1.23. The van der Waals surface area contributed by atoms with Crippen LogP contribution in [0.5, 0.6) is 0 Å². The third-order valence-corrected chi connectivity index (χ3v) is 3.67. The number of hydrogen-bond acceptors (Lipinski definition) is 3. The van der Waals surface area contributed by atoms with Crippen molar-refractivity contribution in [2.24, 2.45) is 0 Å². The molecule has 2 rings (SSSR count). The van der Waals surface area contributed by atoms with Crippen LogP contribution in [0.15, 0.2) is 35.7 Å². The fraction of sp³-hybridized carbons (Fsp3) is 0.250. The number of aromatic nitrogens is 1. The molecule has 1 N–H and O–H groups in total. The summed E-state index contributed by atoms with van der Waals surface area (Å²) in [7, 11) is 0. The maximum absolute atomic E-state index is 11.7. The Hall–Kier alpha value is -2.12. The number of carbonyl (C=O) groups excluding carboxylic acids is 1. The normalized spacial score (nSPS) is 9.65. The molecular formula is C16H16N2OS. The van der Waals surface area contributed by atoms with Crippen molar-refractivity contribution in [1.29, 1.82) is 0 Å². The minimum atomic E-state index is -0.0414. The lowest BCUT2D eigenvalue weighted by atomic mass is 10.2. The monoisotopic (exact) mass is 284 g/mol. The van der Waals surface area contributed by atoms with Gasteiger partial charge >= 0.3 is 0 Å². The summed E-state index contributed by atoms with van der Waals surface area (Å²) >= 11 is 1.60. The van der Waals surface area contributed by atoms with Crippen LogP contribution in [0, 0.1) is 11.8 Å². The van der Waals surface area contributed by atoms with Gasteiger partial charge < -0.3 is 5.32 Å². The van der Waals surface area contributed by atoms with Crippen LogP contribution < -0.4 is 5.32 Å². The zero-order chi connectivity index (χ0) is 14.2. The fourth-order valence-electron chi connectivity index (χ4n) is 1.63. The van der Waals surface area contributed by atoms with Crippen LogP contribution >= 0.6 is 11.3 Å². The van der Waals surface area contributed by atoms with Gasteiger partial charge in [0.05, 0.1) is 23.7 Å². The highest BCUT2D eigenvalue weighted by atomic mass is 32.1. The summed E-state index contributed by atoms with van der Waals surface area (Å²) in [5, 5.41) is 5.79. The molecule has 0 spiro atoms. The molecule has 0 saturated carbocycles. The van der Waals surface area contributed by atoms with E-state index in [0.29, 0.717) is 13.0 Å². The zero-order valence-corrected chi connectivity index (χ0v) is 12.2. The lowest BCUT2D eigenvalue weighted by Gasteiger charge is -1.98. The molecule has 0 saturated heterocycles. The van der Waals surface area contributed by atoms with Crippen LogP contribution in [0.4, 0.5) is 0 Å². The Kier molecular flexibility index (Phi) is 5.33. The quantitative estimate of drug-likeness (QED) is 0.876. The lowest BCUT2D eigenvalue weighted by Crippen LogP contribution is -2.25. The zero-order valence-electron chi connectivity index (χ0n) is 11.3. The van der Waals surface area contributed by atoms with Gasteiger partial charge in [-0.25, -0.2) is 4.98 Å². The summed E-state index contributed by atoms with van der Waals surface area (Å²) in [5.74, 6) is 5.89.